The zero-order valence-electron chi connectivity index (χ0n) is 17.0. The van der Waals surface area contributed by atoms with E-state index in [9.17, 15) is 4.79 Å². The van der Waals surface area contributed by atoms with Crippen molar-refractivity contribution in [3.8, 4) is 11.4 Å². The first-order valence-corrected chi connectivity index (χ1v) is 11.2. The highest BCUT2D eigenvalue weighted by Crippen LogP contribution is 2.29. The van der Waals surface area contributed by atoms with Gasteiger partial charge in [-0.2, -0.15) is 11.3 Å². The third-order valence-electron chi connectivity index (χ3n) is 5.51. The molecule has 1 amide bonds. The van der Waals surface area contributed by atoms with E-state index in [-0.39, 0.29) is 5.91 Å². The molecule has 1 fully saturated rings. The molecule has 1 aliphatic rings. The maximum atomic E-state index is 12.4. The van der Waals surface area contributed by atoms with Crippen LogP contribution in [0.5, 0.6) is 0 Å². The molecular formula is C22H27N5OS. The Balaban J connectivity index is 1.53. The van der Waals surface area contributed by atoms with Crippen molar-refractivity contribution in [2.75, 3.05) is 50.7 Å². The molecular weight excluding hydrogens is 382 g/mol. The van der Waals surface area contributed by atoms with E-state index in [1.54, 1.807) is 11.3 Å². The molecule has 4 rings (SSSR count). The number of nitrogens with zero attached hydrogens (tertiary/aromatic N) is 5. The number of para-hydroxylation sites is 1. The van der Waals surface area contributed by atoms with Crippen LogP contribution in [0.15, 0.2) is 41.1 Å². The van der Waals surface area contributed by atoms with Crippen molar-refractivity contribution < 1.29 is 4.79 Å². The summed E-state index contributed by atoms with van der Waals surface area (Å²) < 4.78 is 0. The van der Waals surface area contributed by atoms with Gasteiger partial charge in [-0.3, -0.25) is 9.69 Å². The molecule has 6 nitrogen and oxygen atoms in total. The highest BCUT2D eigenvalue weighted by atomic mass is 32.1. The predicted octanol–water partition coefficient (Wildman–Crippen LogP) is 3.35. The number of piperazine rings is 1. The number of hydrogen-bond donors (Lipinski definition) is 0. The number of benzene rings is 1. The average Bonchev–Trinajstić information content (AvgIpc) is 3.29. The molecule has 1 saturated heterocycles. The number of rotatable bonds is 6. The number of carbonyl (C=O) groups excluding carboxylic acids is 1. The van der Waals surface area contributed by atoms with Crippen molar-refractivity contribution >= 4 is 34.0 Å². The molecule has 3 heterocycles. The van der Waals surface area contributed by atoms with Crippen LogP contribution in [0, 0.1) is 0 Å². The molecule has 0 radical (unpaired) electrons. The number of amides is 1. The minimum Gasteiger partial charge on any atom is -0.353 e. The number of fused-ring (bicyclic) bond motifs is 1. The third-order valence-corrected chi connectivity index (χ3v) is 6.19. The van der Waals surface area contributed by atoms with Gasteiger partial charge in [-0.1, -0.05) is 12.1 Å². The Hall–Kier alpha value is -2.51. The monoisotopic (exact) mass is 409 g/mol. The maximum absolute atomic E-state index is 12.4. The zero-order chi connectivity index (χ0) is 20.2. The fraction of sp³-hybridized carbons (Fsp3) is 0.409. The van der Waals surface area contributed by atoms with Gasteiger partial charge < -0.3 is 9.80 Å². The summed E-state index contributed by atoms with van der Waals surface area (Å²) in [6, 6.07) is 10.3. The number of anilines is 1. The largest absolute Gasteiger partial charge is 0.353 e. The van der Waals surface area contributed by atoms with Gasteiger partial charge >= 0.3 is 0 Å². The summed E-state index contributed by atoms with van der Waals surface area (Å²) in [4.78, 5) is 28.6. The number of thiophene rings is 1. The lowest BCUT2D eigenvalue weighted by molar-refractivity contribution is -0.132. The molecule has 0 unspecified atom stereocenters. The molecule has 0 bridgehead atoms. The van der Waals surface area contributed by atoms with Gasteiger partial charge in [0.15, 0.2) is 5.82 Å². The summed E-state index contributed by atoms with van der Waals surface area (Å²) in [5.74, 6) is 1.99. The van der Waals surface area contributed by atoms with Crippen molar-refractivity contribution in [3.63, 3.8) is 0 Å². The van der Waals surface area contributed by atoms with Gasteiger partial charge in [-0.15, -0.1) is 0 Å². The van der Waals surface area contributed by atoms with Crippen LogP contribution < -0.4 is 4.90 Å². The van der Waals surface area contributed by atoms with Crippen molar-refractivity contribution in [2.24, 2.45) is 0 Å². The van der Waals surface area contributed by atoms with E-state index in [4.69, 9.17) is 9.97 Å². The van der Waals surface area contributed by atoms with Crippen molar-refractivity contribution in [3.05, 3.63) is 41.1 Å². The first kappa shape index (κ1) is 19.8. The lowest BCUT2D eigenvalue weighted by Gasteiger charge is -2.36. The Morgan fingerprint density at radius 1 is 1.07 bits per heavy atom. The van der Waals surface area contributed by atoms with Gasteiger partial charge in [0.05, 0.1) is 12.1 Å². The van der Waals surface area contributed by atoms with Gasteiger partial charge in [0, 0.05) is 55.6 Å². The normalized spacial score (nSPS) is 15.0. The SMILES string of the molecule is CCN(CC)C(=O)CN1CCN(c2nc(-c3ccsc3)nc3ccccc23)CC1. The van der Waals surface area contributed by atoms with Crippen LogP contribution in [0.2, 0.25) is 0 Å². The summed E-state index contributed by atoms with van der Waals surface area (Å²) in [7, 11) is 0. The summed E-state index contributed by atoms with van der Waals surface area (Å²) in [6.45, 7) is 9.54. The van der Waals surface area contributed by atoms with Crippen molar-refractivity contribution in [2.45, 2.75) is 13.8 Å². The van der Waals surface area contributed by atoms with Gasteiger partial charge in [0.1, 0.15) is 5.82 Å². The van der Waals surface area contributed by atoms with E-state index in [1.807, 2.05) is 30.9 Å². The van der Waals surface area contributed by atoms with Crippen LogP contribution in [-0.2, 0) is 4.79 Å². The molecule has 0 atom stereocenters. The molecule has 0 aliphatic carbocycles. The van der Waals surface area contributed by atoms with E-state index >= 15 is 0 Å². The molecule has 0 N–H and O–H groups in total. The Kier molecular flexibility index (Phi) is 6.06. The van der Waals surface area contributed by atoms with Crippen LogP contribution in [0.25, 0.3) is 22.3 Å². The molecule has 3 aromatic rings. The van der Waals surface area contributed by atoms with Gasteiger partial charge in [-0.05, 0) is 37.4 Å². The second-order valence-corrected chi connectivity index (χ2v) is 8.01. The molecule has 0 spiro atoms. The lowest BCUT2D eigenvalue weighted by atomic mass is 10.2. The Morgan fingerprint density at radius 3 is 2.52 bits per heavy atom. The van der Waals surface area contributed by atoms with Crippen molar-refractivity contribution in [1.29, 1.82) is 0 Å². The minimum atomic E-state index is 0.218. The standard InChI is InChI=1S/C22H27N5OS/c1-3-26(4-2)20(28)15-25-10-12-27(13-11-25)22-18-7-5-6-8-19(18)23-21(24-22)17-9-14-29-16-17/h5-9,14,16H,3-4,10-13,15H2,1-2H3. The molecule has 2 aromatic heterocycles. The van der Waals surface area contributed by atoms with Gasteiger partial charge in [-0.25, -0.2) is 9.97 Å². The summed E-state index contributed by atoms with van der Waals surface area (Å²) >= 11 is 1.66. The van der Waals surface area contributed by atoms with Crippen LogP contribution in [-0.4, -0.2) is 71.5 Å². The molecule has 1 aliphatic heterocycles. The summed E-state index contributed by atoms with van der Waals surface area (Å²) in [6.07, 6.45) is 0. The van der Waals surface area contributed by atoms with E-state index in [1.165, 1.54) is 0 Å². The Bertz CT molecular complexity index is 963. The molecule has 29 heavy (non-hydrogen) atoms. The van der Waals surface area contributed by atoms with Gasteiger partial charge in [0.2, 0.25) is 5.91 Å². The number of aromatic nitrogens is 2. The number of hydrogen-bond acceptors (Lipinski definition) is 6. The van der Waals surface area contributed by atoms with E-state index < -0.39 is 0 Å². The lowest BCUT2D eigenvalue weighted by Crippen LogP contribution is -2.50. The second-order valence-electron chi connectivity index (χ2n) is 7.23. The average molecular weight is 410 g/mol. The highest BCUT2D eigenvalue weighted by Gasteiger charge is 2.23. The predicted molar refractivity (Wildman–Crippen MR) is 119 cm³/mol. The zero-order valence-corrected chi connectivity index (χ0v) is 17.9. The smallest absolute Gasteiger partial charge is 0.236 e. The fourth-order valence-corrected chi connectivity index (χ4v) is 4.44. The topological polar surface area (TPSA) is 52.6 Å². The molecule has 152 valence electrons. The number of carbonyl (C=O) groups is 1. The second kappa shape index (κ2) is 8.88. The van der Waals surface area contributed by atoms with Crippen LogP contribution >= 0.6 is 11.3 Å². The van der Waals surface area contributed by atoms with E-state index in [0.29, 0.717) is 6.54 Å². The highest BCUT2D eigenvalue weighted by molar-refractivity contribution is 7.08. The Labute approximate surface area is 175 Å². The molecule has 7 heteroatoms. The third kappa shape index (κ3) is 4.26. The Morgan fingerprint density at radius 2 is 1.83 bits per heavy atom. The fourth-order valence-electron chi connectivity index (χ4n) is 3.81. The van der Waals surface area contributed by atoms with E-state index in [0.717, 1.165) is 67.4 Å². The van der Waals surface area contributed by atoms with Crippen LogP contribution in [0.3, 0.4) is 0 Å². The van der Waals surface area contributed by atoms with Gasteiger partial charge in [0.25, 0.3) is 0 Å². The quantitative estimate of drug-likeness (QED) is 0.625. The minimum absolute atomic E-state index is 0.218. The number of likely N-dealkylation sites (N-methyl/N-ethyl adjacent to an activating group) is 1. The molecule has 0 saturated carbocycles. The molecule has 1 aromatic carbocycles. The first-order valence-electron chi connectivity index (χ1n) is 10.2. The van der Waals surface area contributed by atoms with Crippen LogP contribution in [0.4, 0.5) is 5.82 Å². The summed E-state index contributed by atoms with van der Waals surface area (Å²) in [5, 5.41) is 5.23. The first-order chi connectivity index (χ1) is 14.2. The maximum Gasteiger partial charge on any atom is 0.236 e. The van der Waals surface area contributed by atoms with Crippen LogP contribution in [0.1, 0.15) is 13.8 Å². The van der Waals surface area contributed by atoms with Crippen molar-refractivity contribution in [1.82, 2.24) is 19.8 Å². The van der Waals surface area contributed by atoms with E-state index in [2.05, 4.69) is 38.8 Å². The summed E-state index contributed by atoms with van der Waals surface area (Å²) in [5.41, 5.74) is 2.03.